The fourth-order valence-electron chi connectivity index (χ4n) is 3.79. The van der Waals surface area contributed by atoms with Crippen molar-refractivity contribution < 1.29 is 14.0 Å². The number of hydrogen-bond donors (Lipinski definition) is 1. The average molecular weight is 462 g/mol. The van der Waals surface area contributed by atoms with Gasteiger partial charge in [0, 0.05) is 24.8 Å². The summed E-state index contributed by atoms with van der Waals surface area (Å²) in [6, 6.07) is 7.70. The summed E-state index contributed by atoms with van der Waals surface area (Å²) >= 11 is 0. The Balaban J connectivity index is 1.31. The Bertz CT molecular complexity index is 1300. The molecule has 0 saturated carbocycles. The number of nitrogens with zero attached hydrogens (tertiary/aromatic N) is 6. The first-order valence-corrected chi connectivity index (χ1v) is 11.3. The monoisotopic (exact) mass is 461 g/mol. The molecule has 0 unspecified atom stereocenters. The Morgan fingerprint density at radius 1 is 1.15 bits per heavy atom. The van der Waals surface area contributed by atoms with Crippen molar-refractivity contribution in [1.29, 1.82) is 0 Å². The van der Waals surface area contributed by atoms with Crippen molar-refractivity contribution in [2.45, 2.75) is 39.7 Å². The van der Waals surface area contributed by atoms with Gasteiger partial charge in [-0.25, -0.2) is 19.7 Å². The molecule has 0 spiro atoms. The zero-order valence-electron chi connectivity index (χ0n) is 19.4. The number of para-hydroxylation sites is 2. The van der Waals surface area contributed by atoms with Gasteiger partial charge in [0.1, 0.15) is 5.52 Å². The zero-order chi connectivity index (χ0) is 23.9. The standard InChI is InChI=1S/C24H27N7O3/c1-24(2,3)23(32)34-30-10-8-16(9-11-30)31-14-15(12-27-31)18-13-26-21(25)20(28-18)22-29-17-6-4-5-7-19(17)33-22/h4-7,12-14,16H,8-11H2,1-3H3,(H2,25,26). The summed E-state index contributed by atoms with van der Waals surface area (Å²) in [5.74, 6) is 0.362. The van der Waals surface area contributed by atoms with E-state index in [1.807, 2.05) is 55.9 Å². The van der Waals surface area contributed by atoms with Gasteiger partial charge in [0.2, 0.25) is 5.89 Å². The Morgan fingerprint density at radius 3 is 2.65 bits per heavy atom. The first-order valence-electron chi connectivity index (χ1n) is 11.3. The van der Waals surface area contributed by atoms with E-state index < -0.39 is 5.41 Å². The van der Waals surface area contributed by atoms with E-state index in [-0.39, 0.29) is 17.8 Å². The van der Waals surface area contributed by atoms with E-state index in [1.54, 1.807) is 17.5 Å². The lowest BCUT2D eigenvalue weighted by molar-refractivity contribution is -0.205. The molecule has 0 amide bonds. The summed E-state index contributed by atoms with van der Waals surface area (Å²) in [5, 5.41) is 6.30. The molecule has 5 rings (SSSR count). The highest BCUT2D eigenvalue weighted by atomic mass is 16.7. The lowest BCUT2D eigenvalue weighted by atomic mass is 9.98. The number of rotatable bonds is 4. The SMILES string of the molecule is CC(C)(C)C(=O)ON1CCC(n2cc(-c3cnc(N)c(-c4nc5ccccc5o4)n3)cn2)CC1. The molecule has 0 atom stereocenters. The average Bonchev–Trinajstić information content (AvgIpc) is 3.47. The first kappa shape index (κ1) is 22.0. The summed E-state index contributed by atoms with van der Waals surface area (Å²) < 4.78 is 7.77. The third-order valence-electron chi connectivity index (χ3n) is 5.82. The van der Waals surface area contributed by atoms with Crippen LogP contribution in [-0.4, -0.2) is 48.9 Å². The topological polar surface area (TPSA) is 125 Å². The van der Waals surface area contributed by atoms with Crippen LogP contribution in [0.3, 0.4) is 0 Å². The second-order valence-corrected chi connectivity index (χ2v) is 9.47. The maximum atomic E-state index is 12.1. The Hall–Kier alpha value is -3.79. The predicted molar refractivity (Wildman–Crippen MR) is 126 cm³/mol. The van der Waals surface area contributed by atoms with Gasteiger partial charge in [-0.05, 0) is 45.7 Å². The number of hydrogen-bond acceptors (Lipinski definition) is 9. The van der Waals surface area contributed by atoms with Gasteiger partial charge in [0.15, 0.2) is 17.1 Å². The van der Waals surface area contributed by atoms with Gasteiger partial charge in [-0.1, -0.05) is 12.1 Å². The number of hydroxylamine groups is 2. The number of anilines is 1. The molecule has 0 aliphatic carbocycles. The molecule has 1 saturated heterocycles. The highest BCUT2D eigenvalue weighted by molar-refractivity contribution is 5.78. The van der Waals surface area contributed by atoms with Crippen LogP contribution in [0.2, 0.25) is 0 Å². The lowest BCUT2D eigenvalue weighted by Crippen LogP contribution is -2.39. The van der Waals surface area contributed by atoms with Crippen LogP contribution in [0.25, 0.3) is 33.9 Å². The van der Waals surface area contributed by atoms with Crippen LogP contribution in [0.15, 0.2) is 47.3 Å². The van der Waals surface area contributed by atoms with Gasteiger partial charge in [-0.3, -0.25) is 4.68 Å². The number of fused-ring (bicyclic) bond motifs is 1. The van der Waals surface area contributed by atoms with E-state index in [2.05, 4.69) is 20.1 Å². The smallest absolute Gasteiger partial charge is 0.330 e. The molecule has 4 aromatic rings. The minimum atomic E-state index is -0.523. The number of oxazole rings is 1. The number of aromatic nitrogens is 5. The molecule has 1 aliphatic heterocycles. The largest absolute Gasteiger partial charge is 0.435 e. The van der Waals surface area contributed by atoms with Crippen LogP contribution in [0.1, 0.15) is 39.7 Å². The summed E-state index contributed by atoms with van der Waals surface area (Å²) in [5.41, 5.74) is 8.81. The van der Waals surface area contributed by atoms with Crippen molar-refractivity contribution in [1.82, 2.24) is 29.8 Å². The van der Waals surface area contributed by atoms with Gasteiger partial charge in [0.25, 0.3) is 0 Å². The second-order valence-electron chi connectivity index (χ2n) is 9.47. The van der Waals surface area contributed by atoms with Gasteiger partial charge >= 0.3 is 5.97 Å². The molecule has 10 nitrogen and oxygen atoms in total. The quantitative estimate of drug-likeness (QED) is 0.482. The number of benzene rings is 1. The highest BCUT2D eigenvalue weighted by Gasteiger charge is 2.29. The summed E-state index contributed by atoms with van der Waals surface area (Å²) in [6.07, 6.45) is 6.98. The van der Waals surface area contributed by atoms with Crippen molar-refractivity contribution in [2.75, 3.05) is 18.8 Å². The normalized spacial score (nSPS) is 15.6. The van der Waals surface area contributed by atoms with E-state index in [4.69, 9.17) is 15.0 Å². The summed E-state index contributed by atoms with van der Waals surface area (Å²) in [4.78, 5) is 31.1. The Morgan fingerprint density at radius 2 is 1.91 bits per heavy atom. The molecule has 2 N–H and O–H groups in total. The first-order chi connectivity index (χ1) is 16.3. The van der Waals surface area contributed by atoms with Gasteiger partial charge in [-0.2, -0.15) is 5.10 Å². The van der Waals surface area contributed by atoms with Crippen LogP contribution in [-0.2, 0) is 9.63 Å². The molecule has 4 heterocycles. The number of carbonyl (C=O) groups excluding carboxylic acids is 1. The number of nitrogens with two attached hydrogens (primary N) is 1. The molecule has 10 heteroatoms. The van der Waals surface area contributed by atoms with E-state index in [9.17, 15) is 4.79 Å². The highest BCUT2D eigenvalue weighted by Crippen LogP contribution is 2.30. The third kappa shape index (κ3) is 4.36. The molecule has 1 aliphatic rings. The van der Waals surface area contributed by atoms with Crippen LogP contribution >= 0.6 is 0 Å². The zero-order valence-corrected chi connectivity index (χ0v) is 19.4. The van der Waals surface area contributed by atoms with E-state index in [1.165, 1.54) is 0 Å². The molecule has 34 heavy (non-hydrogen) atoms. The molecule has 3 aromatic heterocycles. The third-order valence-corrected chi connectivity index (χ3v) is 5.82. The maximum absolute atomic E-state index is 12.1. The summed E-state index contributed by atoms with van der Waals surface area (Å²) in [7, 11) is 0. The van der Waals surface area contributed by atoms with Gasteiger partial charge in [-0.15, -0.1) is 5.06 Å². The summed E-state index contributed by atoms with van der Waals surface area (Å²) in [6.45, 7) is 6.87. The fraction of sp³-hybridized carbons (Fsp3) is 0.375. The molecule has 0 bridgehead atoms. The van der Waals surface area contributed by atoms with Crippen LogP contribution in [0.4, 0.5) is 5.82 Å². The molecular weight excluding hydrogens is 434 g/mol. The maximum Gasteiger partial charge on any atom is 0.330 e. The van der Waals surface area contributed by atoms with E-state index >= 15 is 0 Å². The van der Waals surface area contributed by atoms with Crippen LogP contribution in [0, 0.1) is 5.41 Å². The van der Waals surface area contributed by atoms with E-state index in [0.29, 0.717) is 36.0 Å². The molecule has 176 valence electrons. The van der Waals surface area contributed by atoms with Crippen molar-refractivity contribution in [3.05, 3.63) is 42.9 Å². The van der Waals surface area contributed by atoms with E-state index in [0.717, 1.165) is 23.9 Å². The molecular formula is C24H27N7O3. The molecule has 1 fully saturated rings. The van der Waals surface area contributed by atoms with Gasteiger partial charge < -0.3 is 15.0 Å². The van der Waals surface area contributed by atoms with Gasteiger partial charge in [0.05, 0.1) is 29.5 Å². The van der Waals surface area contributed by atoms with Crippen molar-refractivity contribution >= 4 is 22.9 Å². The van der Waals surface area contributed by atoms with Crippen molar-refractivity contribution in [3.63, 3.8) is 0 Å². The Labute approximate surface area is 196 Å². The second kappa shape index (κ2) is 8.53. The number of piperidine rings is 1. The van der Waals surface area contributed by atoms with Crippen molar-refractivity contribution in [2.24, 2.45) is 5.41 Å². The van der Waals surface area contributed by atoms with Crippen molar-refractivity contribution in [3.8, 4) is 22.8 Å². The minimum absolute atomic E-state index is 0.205. The lowest BCUT2D eigenvalue weighted by Gasteiger charge is -2.32. The van der Waals surface area contributed by atoms with Crippen LogP contribution < -0.4 is 5.73 Å². The Kier molecular flexibility index (Phi) is 5.52. The number of nitrogen functional groups attached to an aromatic ring is 1. The number of carbonyl (C=O) groups is 1. The predicted octanol–water partition coefficient (Wildman–Crippen LogP) is 3.87. The minimum Gasteiger partial charge on any atom is -0.435 e. The van der Waals surface area contributed by atoms with Crippen LogP contribution in [0.5, 0.6) is 0 Å². The molecule has 1 aromatic carbocycles. The fourth-order valence-corrected chi connectivity index (χ4v) is 3.79. The molecule has 0 radical (unpaired) electrons.